The van der Waals surface area contributed by atoms with E-state index in [9.17, 15) is 14.9 Å². The van der Waals surface area contributed by atoms with Crippen molar-refractivity contribution in [2.75, 3.05) is 32.5 Å². The van der Waals surface area contributed by atoms with Gasteiger partial charge in [-0.25, -0.2) is 0 Å². The van der Waals surface area contributed by atoms with Gasteiger partial charge >= 0.3 is 0 Å². The number of carbonyl (C=O) groups is 1. The van der Waals surface area contributed by atoms with E-state index < -0.39 is 10.8 Å². The van der Waals surface area contributed by atoms with Crippen LogP contribution >= 0.6 is 0 Å². The number of nitro groups is 1. The van der Waals surface area contributed by atoms with E-state index in [1.165, 1.54) is 24.8 Å². The maximum Gasteiger partial charge on any atom is 0.293 e. The number of rotatable bonds is 7. The fraction of sp³-hybridized carbons (Fsp3) is 0.318. The van der Waals surface area contributed by atoms with Gasteiger partial charge in [0.25, 0.3) is 11.6 Å². The number of nitrogen functional groups attached to an aromatic ring is 1. The molecule has 1 heterocycles. The standard InChI is InChI=1S/C22H26N4O4/c1-30-21-15-19(23)20(26(28)29)14-18(21)22(27)24-17-9-12-25(13-10-17)11-5-8-16-6-3-2-4-7-16/h2-8,14-15,17H,9-13,23H2,1H3,(H,24,27). The Hall–Kier alpha value is -3.39. The number of hydrogen-bond donors (Lipinski definition) is 2. The molecule has 1 aliphatic rings. The highest BCUT2D eigenvalue weighted by Crippen LogP contribution is 2.30. The Bertz CT molecular complexity index is 922. The Balaban J connectivity index is 1.55. The van der Waals surface area contributed by atoms with E-state index >= 15 is 0 Å². The van der Waals surface area contributed by atoms with E-state index in [4.69, 9.17) is 10.5 Å². The molecule has 3 rings (SSSR count). The summed E-state index contributed by atoms with van der Waals surface area (Å²) in [6, 6.07) is 12.6. The molecule has 0 unspecified atom stereocenters. The van der Waals surface area contributed by atoms with Gasteiger partial charge in [-0.1, -0.05) is 42.5 Å². The number of nitro benzene ring substituents is 1. The predicted octanol–water partition coefficient (Wildman–Crippen LogP) is 3.09. The minimum atomic E-state index is -0.604. The molecule has 0 aliphatic carbocycles. The first-order valence-corrected chi connectivity index (χ1v) is 9.84. The van der Waals surface area contributed by atoms with Crippen molar-refractivity contribution in [1.29, 1.82) is 0 Å². The van der Waals surface area contributed by atoms with Crippen molar-refractivity contribution in [3.8, 4) is 5.75 Å². The van der Waals surface area contributed by atoms with E-state index in [0.29, 0.717) is 0 Å². The number of ether oxygens (including phenoxy) is 1. The number of nitrogens with one attached hydrogen (secondary N) is 1. The van der Waals surface area contributed by atoms with Crippen LogP contribution < -0.4 is 15.8 Å². The first kappa shape index (κ1) is 21.3. The van der Waals surface area contributed by atoms with Gasteiger partial charge < -0.3 is 15.8 Å². The van der Waals surface area contributed by atoms with Crippen LogP contribution in [0.25, 0.3) is 6.08 Å². The van der Waals surface area contributed by atoms with Gasteiger partial charge in [0.2, 0.25) is 0 Å². The topological polar surface area (TPSA) is 111 Å². The fourth-order valence-electron chi connectivity index (χ4n) is 3.51. The molecule has 30 heavy (non-hydrogen) atoms. The average molecular weight is 410 g/mol. The molecule has 1 aliphatic heterocycles. The van der Waals surface area contributed by atoms with Gasteiger partial charge in [0.05, 0.1) is 17.6 Å². The lowest BCUT2D eigenvalue weighted by Gasteiger charge is -2.31. The number of anilines is 1. The maximum absolute atomic E-state index is 12.7. The minimum Gasteiger partial charge on any atom is -0.496 e. The third-order valence-electron chi connectivity index (χ3n) is 5.19. The summed E-state index contributed by atoms with van der Waals surface area (Å²) in [7, 11) is 1.40. The monoisotopic (exact) mass is 410 g/mol. The number of methoxy groups -OCH3 is 1. The van der Waals surface area contributed by atoms with Gasteiger partial charge in [0.1, 0.15) is 11.4 Å². The van der Waals surface area contributed by atoms with Gasteiger partial charge in [0, 0.05) is 37.8 Å². The van der Waals surface area contributed by atoms with Crippen molar-refractivity contribution in [1.82, 2.24) is 10.2 Å². The summed E-state index contributed by atoms with van der Waals surface area (Å²) in [6.07, 6.45) is 5.87. The van der Waals surface area contributed by atoms with Crippen LogP contribution in [0.1, 0.15) is 28.8 Å². The van der Waals surface area contributed by atoms with Gasteiger partial charge in [-0.05, 0) is 18.4 Å². The quantitative estimate of drug-likeness (QED) is 0.412. The Labute approximate surface area is 175 Å². The van der Waals surface area contributed by atoms with Crippen LogP contribution in [0.4, 0.5) is 11.4 Å². The van der Waals surface area contributed by atoms with Gasteiger partial charge in [-0.15, -0.1) is 0 Å². The summed E-state index contributed by atoms with van der Waals surface area (Å²) >= 11 is 0. The largest absolute Gasteiger partial charge is 0.496 e. The second-order valence-corrected chi connectivity index (χ2v) is 7.23. The first-order chi connectivity index (χ1) is 14.5. The number of amides is 1. The van der Waals surface area contributed by atoms with Gasteiger partial charge in [-0.3, -0.25) is 19.8 Å². The third-order valence-corrected chi connectivity index (χ3v) is 5.19. The number of nitrogens with two attached hydrogens (primary N) is 1. The van der Waals surface area contributed by atoms with Gasteiger partial charge in [0.15, 0.2) is 0 Å². The molecule has 1 saturated heterocycles. The number of hydrogen-bond acceptors (Lipinski definition) is 6. The van der Waals surface area contributed by atoms with Crippen molar-refractivity contribution in [3.63, 3.8) is 0 Å². The Morgan fingerprint density at radius 3 is 2.63 bits per heavy atom. The summed E-state index contributed by atoms with van der Waals surface area (Å²) in [4.78, 5) is 25.6. The lowest BCUT2D eigenvalue weighted by atomic mass is 10.0. The molecule has 0 radical (unpaired) electrons. The van der Waals surface area contributed by atoms with E-state index in [2.05, 4.69) is 34.5 Å². The molecule has 158 valence electrons. The number of nitrogens with zero attached hydrogens (tertiary/aromatic N) is 2. The van der Waals surface area contributed by atoms with E-state index in [0.717, 1.165) is 32.5 Å². The molecule has 0 aromatic heterocycles. The molecular formula is C22H26N4O4. The summed E-state index contributed by atoms with van der Waals surface area (Å²) in [6.45, 7) is 2.58. The smallest absolute Gasteiger partial charge is 0.293 e. The average Bonchev–Trinajstić information content (AvgIpc) is 2.75. The Morgan fingerprint density at radius 2 is 2.00 bits per heavy atom. The SMILES string of the molecule is COc1cc(N)c([N+](=O)[O-])cc1C(=O)NC1CCN(CC=Cc2ccccc2)CC1. The van der Waals surface area contributed by atoms with Crippen molar-refractivity contribution >= 4 is 23.4 Å². The lowest BCUT2D eigenvalue weighted by molar-refractivity contribution is -0.383. The number of carbonyl (C=O) groups excluding carboxylic acids is 1. The lowest BCUT2D eigenvalue weighted by Crippen LogP contribution is -2.44. The molecular weight excluding hydrogens is 384 g/mol. The molecule has 1 amide bonds. The van der Waals surface area contributed by atoms with E-state index in [1.807, 2.05) is 18.2 Å². The predicted molar refractivity (Wildman–Crippen MR) is 116 cm³/mol. The summed E-state index contributed by atoms with van der Waals surface area (Å²) in [5, 5.41) is 14.1. The molecule has 1 fully saturated rings. The minimum absolute atomic E-state index is 0.00756. The number of likely N-dealkylation sites (tertiary alicyclic amines) is 1. The van der Waals surface area contributed by atoms with E-state index in [-0.39, 0.29) is 28.7 Å². The number of piperidine rings is 1. The normalized spacial score (nSPS) is 15.2. The maximum atomic E-state index is 12.7. The zero-order valence-electron chi connectivity index (χ0n) is 16.9. The summed E-state index contributed by atoms with van der Waals surface area (Å²) in [5.41, 5.74) is 6.63. The fourth-order valence-corrected chi connectivity index (χ4v) is 3.51. The zero-order chi connectivity index (χ0) is 21.5. The van der Waals surface area contributed by atoms with Crippen LogP contribution in [0.15, 0.2) is 48.5 Å². The summed E-state index contributed by atoms with van der Waals surface area (Å²) in [5.74, 6) is -0.170. The van der Waals surface area contributed by atoms with Crippen molar-refractivity contribution in [2.45, 2.75) is 18.9 Å². The van der Waals surface area contributed by atoms with Crippen molar-refractivity contribution in [3.05, 3.63) is 69.8 Å². The second-order valence-electron chi connectivity index (χ2n) is 7.23. The van der Waals surface area contributed by atoms with Crippen LogP contribution in [0, 0.1) is 10.1 Å². The summed E-state index contributed by atoms with van der Waals surface area (Å²) < 4.78 is 5.19. The molecule has 3 N–H and O–H groups in total. The highest BCUT2D eigenvalue weighted by Gasteiger charge is 2.25. The second kappa shape index (κ2) is 9.89. The highest BCUT2D eigenvalue weighted by molar-refractivity contribution is 5.98. The van der Waals surface area contributed by atoms with Crippen LogP contribution in [0.5, 0.6) is 5.75 Å². The Kier molecular flexibility index (Phi) is 7.03. The number of benzene rings is 2. The van der Waals surface area contributed by atoms with E-state index in [1.54, 1.807) is 0 Å². The molecule has 0 bridgehead atoms. The Morgan fingerprint density at radius 1 is 1.30 bits per heavy atom. The van der Waals surface area contributed by atoms with Crippen molar-refractivity contribution < 1.29 is 14.5 Å². The molecule has 8 nitrogen and oxygen atoms in total. The first-order valence-electron chi connectivity index (χ1n) is 9.84. The molecule has 0 spiro atoms. The molecule has 8 heteroatoms. The van der Waals surface area contributed by atoms with Crippen molar-refractivity contribution in [2.24, 2.45) is 0 Å². The zero-order valence-corrected chi connectivity index (χ0v) is 16.9. The van der Waals surface area contributed by atoms with Crippen LogP contribution in [0.2, 0.25) is 0 Å². The molecule has 0 saturated carbocycles. The van der Waals surface area contributed by atoms with Crippen LogP contribution in [-0.2, 0) is 0 Å². The van der Waals surface area contributed by atoms with Crippen LogP contribution in [-0.4, -0.2) is 48.5 Å². The molecule has 2 aromatic carbocycles. The van der Waals surface area contributed by atoms with Gasteiger partial charge in [-0.2, -0.15) is 0 Å². The third kappa shape index (κ3) is 5.36. The highest BCUT2D eigenvalue weighted by atomic mass is 16.6. The molecule has 2 aromatic rings. The van der Waals surface area contributed by atoms with Crippen LogP contribution in [0.3, 0.4) is 0 Å². The molecule has 0 atom stereocenters.